The van der Waals surface area contributed by atoms with Crippen LogP contribution in [0.1, 0.15) is 12.5 Å². The van der Waals surface area contributed by atoms with Crippen LogP contribution in [0.4, 0.5) is 10.5 Å². The SMILES string of the molecule is CCOc1ccc(NC(=O)NCCc2cncnc2)cc1. The zero-order valence-electron chi connectivity index (χ0n) is 11.9. The molecule has 1 aromatic heterocycles. The molecule has 21 heavy (non-hydrogen) atoms. The predicted molar refractivity (Wildman–Crippen MR) is 80.4 cm³/mol. The Morgan fingerprint density at radius 2 is 1.90 bits per heavy atom. The molecule has 1 heterocycles. The van der Waals surface area contributed by atoms with Crippen molar-refractivity contribution < 1.29 is 9.53 Å². The minimum atomic E-state index is -0.240. The highest BCUT2D eigenvalue weighted by molar-refractivity contribution is 5.89. The number of hydrogen-bond acceptors (Lipinski definition) is 4. The first kappa shape index (κ1) is 14.8. The minimum absolute atomic E-state index is 0.240. The molecule has 2 rings (SSSR count). The lowest BCUT2D eigenvalue weighted by Crippen LogP contribution is -2.30. The van der Waals surface area contributed by atoms with Gasteiger partial charge in [0.05, 0.1) is 6.61 Å². The lowest BCUT2D eigenvalue weighted by Gasteiger charge is -2.08. The number of carbonyl (C=O) groups excluding carboxylic acids is 1. The summed E-state index contributed by atoms with van der Waals surface area (Å²) >= 11 is 0. The van der Waals surface area contributed by atoms with Gasteiger partial charge < -0.3 is 15.4 Å². The molecule has 0 atom stereocenters. The Morgan fingerprint density at radius 1 is 1.19 bits per heavy atom. The third-order valence-electron chi connectivity index (χ3n) is 2.74. The van der Waals surface area contributed by atoms with E-state index in [4.69, 9.17) is 4.74 Å². The molecule has 0 aliphatic heterocycles. The van der Waals surface area contributed by atoms with Crippen LogP contribution in [0.3, 0.4) is 0 Å². The summed E-state index contributed by atoms with van der Waals surface area (Å²) in [4.78, 5) is 19.6. The summed E-state index contributed by atoms with van der Waals surface area (Å²) in [5.74, 6) is 0.785. The fourth-order valence-corrected chi connectivity index (χ4v) is 1.76. The number of urea groups is 1. The molecule has 2 N–H and O–H groups in total. The minimum Gasteiger partial charge on any atom is -0.494 e. The maximum atomic E-state index is 11.7. The smallest absolute Gasteiger partial charge is 0.319 e. The highest BCUT2D eigenvalue weighted by Crippen LogP contribution is 2.15. The second kappa shape index (κ2) is 7.84. The van der Waals surface area contributed by atoms with Crippen molar-refractivity contribution in [1.82, 2.24) is 15.3 Å². The molecule has 1 aromatic carbocycles. The van der Waals surface area contributed by atoms with Crippen molar-refractivity contribution in [3.63, 3.8) is 0 Å². The van der Waals surface area contributed by atoms with E-state index in [1.807, 2.05) is 19.1 Å². The molecule has 2 aromatic rings. The van der Waals surface area contributed by atoms with Crippen LogP contribution in [0.25, 0.3) is 0 Å². The van der Waals surface area contributed by atoms with Gasteiger partial charge in [0.15, 0.2) is 0 Å². The van der Waals surface area contributed by atoms with E-state index in [1.54, 1.807) is 24.5 Å². The Bertz CT molecular complexity index is 558. The van der Waals surface area contributed by atoms with Gasteiger partial charge in [0, 0.05) is 24.6 Å². The van der Waals surface area contributed by atoms with Crippen molar-refractivity contribution >= 4 is 11.7 Å². The molecule has 2 amide bonds. The number of ether oxygens (including phenoxy) is 1. The molecule has 0 radical (unpaired) electrons. The monoisotopic (exact) mass is 286 g/mol. The molecule has 0 spiro atoms. The van der Waals surface area contributed by atoms with E-state index < -0.39 is 0 Å². The molecule has 6 heteroatoms. The van der Waals surface area contributed by atoms with Crippen LogP contribution in [0, 0.1) is 0 Å². The molecule has 0 fully saturated rings. The van der Waals surface area contributed by atoms with Gasteiger partial charge in [-0.2, -0.15) is 0 Å². The number of amides is 2. The number of nitrogens with one attached hydrogen (secondary N) is 2. The molecule has 0 saturated heterocycles. The van der Waals surface area contributed by atoms with Gasteiger partial charge in [-0.15, -0.1) is 0 Å². The van der Waals surface area contributed by atoms with Gasteiger partial charge in [-0.1, -0.05) is 0 Å². The van der Waals surface area contributed by atoms with Gasteiger partial charge in [-0.25, -0.2) is 14.8 Å². The lowest BCUT2D eigenvalue weighted by atomic mass is 10.2. The predicted octanol–water partition coefficient (Wildman–Crippen LogP) is 2.24. The van der Waals surface area contributed by atoms with Crippen molar-refractivity contribution in [1.29, 1.82) is 0 Å². The molecular weight excluding hydrogens is 268 g/mol. The summed E-state index contributed by atoms with van der Waals surface area (Å²) in [6.07, 6.45) is 5.64. The van der Waals surface area contributed by atoms with Crippen molar-refractivity contribution in [2.75, 3.05) is 18.5 Å². The molecule has 0 aliphatic rings. The second-order valence-corrected chi connectivity index (χ2v) is 4.34. The maximum absolute atomic E-state index is 11.7. The first-order chi connectivity index (χ1) is 10.3. The second-order valence-electron chi connectivity index (χ2n) is 4.34. The molecule has 110 valence electrons. The van der Waals surface area contributed by atoms with Crippen LogP contribution in [0.2, 0.25) is 0 Å². The van der Waals surface area contributed by atoms with Crippen molar-refractivity contribution in [2.24, 2.45) is 0 Å². The standard InChI is InChI=1S/C15H18N4O2/c1-2-21-14-5-3-13(4-6-14)19-15(20)18-8-7-12-9-16-11-17-10-12/h3-6,9-11H,2,7-8H2,1H3,(H2,18,19,20). The summed E-state index contributed by atoms with van der Waals surface area (Å²) in [6.45, 7) is 3.07. The maximum Gasteiger partial charge on any atom is 0.319 e. The van der Waals surface area contributed by atoms with Crippen LogP contribution in [0.15, 0.2) is 43.0 Å². The largest absolute Gasteiger partial charge is 0.494 e. The van der Waals surface area contributed by atoms with E-state index in [1.165, 1.54) is 6.33 Å². The normalized spacial score (nSPS) is 9.95. The highest BCUT2D eigenvalue weighted by Gasteiger charge is 2.02. The zero-order valence-corrected chi connectivity index (χ0v) is 11.9. The van der Waals surface area contributed by atoms with Gasteiger partial charge in [0.1, 0.15) is 12.1 Å². The van der Waals surface area contributed by atoms with Crippen LogP contribution < -0.4 is 15.4 Å². The number of rotatable bonds is 6. The molecule has 0 bridgehead atoms. The number of aromatic nitrogens is 2. The molecule has 0 saturated carbocycles. The summed E-state index contributed by atoms with van der Waals surface area (Å²) < 4.78 is 5.34. The Morgan fingerprint density at radius 3 is 2.57 bits per heavy atom. The van der Waals surface area contributed by atoms with E-state index in [0.29, 0.717) is 19.6 Å². The fraction of sp³-hybridized carbons (Fsp3) is 0.267. The number of anilines is 1. The number of nitrogens with zero attached hydrogens (tertiary/aromatic N) is 2. The van der Waals surface area contributed by atoms with Gasteiger partial charge in [-0.3, -0.25) is 0 Å². The Kier molecular flexibility index (Phi) is 5.51. The topological polar surface area (TPSA) is 76.1 Å². The quantitative estimate of drug-likeness (QED) is 0.854. The van der Waals surface area contributed by atoms with E-state index in [2.05, 4.69) is 20.6 Å². The average Bonchev–Trinajstić information content (AvgIpc) is 2.51. The van der Waals surface area contributed by atoms with E-state index in [9.17, 15) is 4.79 Å². The average molecular weight is 286 g/mol. The summed E-state index contributed by atoms with van der Waals surface area (Å²) in [5.41, 5.74) is 1.71. The zero-order chi connectivity index (χ0) is 14.9. The molecular formula is C15H18N4O2. The number of carbonyl (C=O) groups is 1. The summed E-state index contributed by atoms with van der Waals surface area (Å²) in [7, 11) is 0. The molecule has 6 nitrogen and oxygen atoms in total. The first-order valence-corrected chi connectivity index (χ1v) is 6.79. The van der Waals surface area contributed by atoms with E-state index >= 15 is 0 Å². The number of benzene rings is 1. The molecule has 0 unspecified atom stereocenters. The van der Waals surface area contributed by atoms with Crippen molar-refractivity contribution in [3.05, 3.63) is 48.5 Å². The third-order valence-corrected chi connectivity index (χ3v) is 2.74. The first-order valence-electron chi connectivity index (χ1n) is 6.79. The Hall–Kier alpha value is -2.63. The Balaban J connectivity index is 1.74. The van der Waals surface area contributed by atoms with Crippen LogP contribution in [-0.4, -0.2) is 29.2 Å². The van der Waals surface area contributed by atoms with Gasteiger partial charge in [0.25, 0.3) is 0 Å². The Labute approximate surface area is 123 Å². The molecule has 0 aliphatic carbocycles. The van der Waals surface area contributed by atoms with Crippen LogP contribution >= 0.6 is 0 Å². The highest BCUT2D eigenvalue weighted by atomic mass is 16.5. The van der Waals surface area contributed by atoms with Gasteiger partial charge in [-0.05, 0) is 43.2 Å². The van der Waals surface area contributed by atoms with Crippen molar-refractivity contribution in [2.45, 2.75) is 13.3 Å². The lowest BCUT2D eigenvalue weighted by molar-refractivity contribution is 0.252. The van der Waals surface area contributed by atoms with Crippen LogP contribution in [0.5, 0.6) is 5.75 Å². The van der Waals surface area contributed by atoms with Crippen molar-refractivity contribution in [3.8, 4) is 5.75 Å². The van der Waals surface area contributed by atoms with Gasteiger partial charge in [0.2, 0.25) is 0 Å². The van der Waals surface area contributed by atoms with E-state index in [-0.39, 0.29) is 6.03 Å². The van der Waals surface area contributed by atoms with Gasteiger partial charge >= 0.3 is 6.03 Å². The van der Waals surface area contributed by atoms with E-state index in [0.717, 1.165) is 17.0 Å². The summed E-state index contributed by atoms with van der Waals surface area (Å²) in [6, 6.07) is 7.00. The summed E-state index contributed by atoms with van der Waals surface area (Å²) in [5, 5.41) is 5.54. The third kappa shape index (κ3) is 5.10. The fourth-order valence-electron chi connectivity index (χ4n) is 1.76. The van der Waals surface area contributed by atoms with Crippen LogP contribution in [-0.2, 0) is 6.42 Å². The number of hydrogen-bond donors (Lipinski definition) is 2.